The molecule has 2 aromatic carbocycles. The maximum absolute atomic E-state index is 13.0. The van der Waals surface area contributed by atoms with Crippen LogP contribution < -0.4 is 5.32 Å². The molecule has 0 spiro atoms. The van der Waals surface area contributed by atoms with Gasteiger partial charge in [-0.1, -0.05) is 12.1 Å². The van der Waals surface area contributed by atoms with Crippen molar-refractivity contribution >= 4 is 11.8 Å². The van der Waals surface area contributed by atoms with Crippen LogP contribution in [0.4, 0.5) is 14.9 Å². The van der Waals surface area contributed by atoms with Crippen LogP contribution in [0.25, 0.3) is 22.6 Å². The van der Waals surface area contributed by atoms with E-state index in [1.807, 2.05) is 18.2 Å². The molecule has 2 N–H and O–H groups in total. The second kappa shape index (κ2) is 6.95. The van der Waals surface area contributed by atoms with E-state index in [-0.39, 0.29) is 5.82 Å². The van der Waals surface area contributed by atoms with E-state index in [2.05, 4.69) is 15.3 Å². The minimum absolute atomic E-state index is 0.289. The number of hydrogen-bond acceptors (Lipinski definition) is 3. The van der Waals surface area contributed by atoms with Crippen molar-refractivity contribution in [2.24, 2.45) is 0 Å². The van der Waals surface area contributed by atoms with Crippen molar-refractivity contribution in [1.82, 2.24) is 9.97 Å². The summed E-state index contributed by atoms with van der Waals surface area (Å²) in [6, 6.07) is 13.4. The molecule has 24 heavy (non-hydrogen) atoms. The Morgan fingerprint density at radius 2 is 2.00 bits per heavy atom. The van der Waals surface area contributed by atoms with Crippen LogP contribution in [0.3, 0.4) is 0 Å². The molecule has 122 valence electrons. The van der Waals surface area contributed by atoms with Crippen molar-refractivity contribution in [1.29, 1.82) is 0 Å². The van der Waals surface area contributed by atoms with Crippen molar-refractivity contribution in [3.05, 3.63) is 60.5 Å². The van der Waals surface area contributed by atoms with E-state index in [1.165, 1.54) is 12.1 Å². The zero-order valence-electron chi connectivity index (χ0n) is 13.0. The Morgan fingerprint density at radius 3 is 2.75 bits per heavy atom. The molecule has 5 nitrogen and oxygen atoms in total. The van der Waals surface area contributed by atoms with E-state index in [0.717, 1.165) is 16.8 Å². The topological polar surface area (TPSA) is 67.0 Å². The summed E-state index contributed by atoms with van der Waals surface area (Å²) in [5.41, 5.74) is 2.98. The highest BCUT2D eigenvalue weighted by molar-refractivity contribution is 5.85. The predicted molar refractivity (Wildman–Crippen MR) is 90.1 cm³/mol. The summed E-state index contributed by atoms with van der Waals surface area (Å²) in [6.45, 7) is 2.06. The summed E-state index contributed by atoms with van der Waals surface area (Å²) in [4.78, 5) is 19.1. The summed E-state index contributed by atoms with van der Waals surface area (Å²) in [7, 11) is 0. The molecule has 0 aliphatic heterocycles. The number of aromatic nitrogens is 2. The minimum atomic E-state index is -0.497. The lowest BCUT2D eigenvalue weighted by Gasteiger charge is -2.06. The number of halogens is 1. The Morgan fingerprint density at radius 1 is 1.21 bits per heavy atom. The Labute approximate surface area is 138 Å². The highest BCUT2D eigenvalue weighted by atomic mass is 19.1. The Balaban J connectivity index is 1.82. The van der Waals surface area contributed by atoms with Crippen molar-refractivity contribution in [3.8, 4) is 22.6 Å². The van der Waals surface area contributed by atoms with Crippen LogP contribution in [0.1, 0.15) is 6.92 Å². The number of hydrogen-bond donors (Lipinski definition) is 2. The monoisotopic (exact) mass is 325 g/mol. The molecule has 0 radical (unpaired) electrons. The third-order valence-corrected chi connectivity index (χ3v) is 3.38. The molecule has 0 saturated heterocycles. The van der Waals surface area contributed by atoms with Gasteiger partial charge in [0.15, 0.2) is 0 Å². The van der Waals surface area contributed by atoms with Crippen LogP contribution in [0.2, 0.25) is 0 Å². The first-order valence-corrected chi connectivity index (χ1v) is 7.51. The van der Waals surface area contributed by atoms with Gasteiger partial charge in [0.2, 0.25) is 0 Å². The normalized spacial score (nSPS) is 10.4. The first-order valence-electron chi connectivity index (χ1n) is 7.51. The average molecular weight is 325 g/mol. The van der Waals surface area contributed by atoms with Crippen LogP contribution in [0, 0.1) is 5.82 Å². The molecule has 0 fully saturated rings. The molecule has 0 unspecified atom stereocenters. The van der Waals surface area contributed by atoms with Crippen molar-refractivity contribution < 1.29 is 13.9 Å². The maximum atomic E-state index is 13.0. The summed E-state index contributed by atoms with van der Waals surface area (Å²) < 4.78 is 17.9. The summed E-state index contributed by atoms with van der Waals surface area (Å²) in [6.07, 6.45) is 1.27. The van der Waals surface area contributed by atoms with E-state index >= 15 is 0 Å². The van der Waals surface area contributed by atoms with Crippen LogP contribution in [0.5, 0.6) is 0 Å². The fourth-order valence-corrected chi connectivity index (χ4v) is 2.27. The van der Waals surface area contributed by atoms with E-state index in [9.17, 15) is 9.18 Å². The van der Waals surface area contributed by atoms with Gasteiger partial charge in [0.1, 0.15) is 11.6 Å². The van der Waals surface area contributed by atoms with Gasteiger partial charge in [-0.05, 0) is 43.3 Å². The number of aromatic amines is 1. The van der Waals surface area contributed by atoms with Crippen LogP contribution >= 0.6 is 0 Å². The lowest BCUT2D eigenvalue weighted by molar-refractivity contribution is 0.168. The largest absolute Gasteiger partial charge is 0.450 e. The van der Waals surface area contributed by atoms with Crippen molar-refractivity contribution in [3.63, 3.8) is 0 Å². The fraction of sp³-hybridized carbons (Fsp3) is 0.111. The molecule has 0 aliphatic carbocycles. The number of rotatable bonds is 4. The Bertz CT molecular complexity index is 843. The van der Waals surface area contributed by atoms with Gasteiger partial charge >= 0.3 is 6.09 Å². The minimum Gasteiger partial charge on any atom is -0.450 e. The van der Waals surface area contributed by atoms with Crippen LogP contribution in [-0.2, 0) is 4.74 Å². The number of anilines is 1. The molecule has 6 heteroatoms. The number of amides is 1. The SMILES string of the molecule is CCOC(=O)Nc1cccc(-c2c[nH]c(-c3ccc(F)cc3)n2)c1. The Kier molecular flexibility index (Phi) is 4.56. The van der Waals surface area contributed by atoms with Gasteiger partial charge in [-0.2, -0.15) is 0 Å². The third kappa shape index (κ3) is 3.60. The zero-order chi connectivity index (χ0) is 16.9. The summed E-state index contributed by atoms with van der Waals surface area (Å²) in [5, 5.41) is 2.66. The molecule has 1 heterocycles. The summed E-state index contributed by atoms with van der Waals surface area (Å²) >= 11 is 0. The van der Waals surface area contributed by atoms with Gasteiger partial charge in [-0.25, -0.2) is 14.2 Å². The number of benzene rings is 2. The molecule has 3 aromatic rings. The lowest BCUT2D eigenvalue weighted by atomic mass is 10.1. The van der Waals surface area contributed by atoms with Gasteiger partial charge in [0.05, 0.1) is 12.3 Å². The third-order valence-electron chi connectivity index (χ3n) is 3.38. The van der Waals surface area contributed by atoms with Gasteiger partial charge in [0, 0.05) is 23.0 Å². The van der Waals surface area contributed by atoms with E-state index in [0.29, 0.717) is 18.1 Å². The second-order valence-corrected chi connectivity index (χ2v) is 5.07. The van der Waals surface area contributed by atoms with Gasteiger partial charge in [-0.15, -0.1) is 0 Å². The molecular formula is C18H16FN3O2. The molecular weight excluding hydrogens is 309 g/mol. The van der Waals surface area contributed by atoms with E-state index in [4.69, 9.17) is 4.74 Å². The number of nitrogens with zero attached hydrogens (tertiary/aromatic N) is 1. The highest BCUT2D eigenvalue weighted by Crippen LogP contribution is 2.24. The van der Waals surface area contributed by atoms with Gasteiger partial charge in [0.25, 0.3) is 0 Å². The van der Waals surface area contributed by atoms with Gasteiger partial charge < -0.3 is 9.72 Å². The molecule has 0 bridgehead atoms. The van der Waals surface area contributed by atoms with E-state index in [1.54, 1.807) is 31.3 Å². The number of nitrogens with one attached hydrogen (secondary N) is 2. The first kappa shape index (κ1) is 15.7. The second-order valence-electron chi connectivity index (χ2n) is 5.07. The number of ether oxygens (including phenoxy) is 1. The molecule has 0 saturated carbocycles. The summed E-state index contributed by atoms with van der Waals surface area (Å²) in [5.74, 6) is 0.358. The molecule has 0 aliphatic rings. The first-order chi connectivity index (χ1) is 11.7. The van der Waals surface area contributed by atoms with Crippen molar-refractivity contribution in [2.75, 3.05) is 11.9 Å². The molecule has 0 atom stereocenters. The standard InChI is InChI=1S/C18H16FN3O2/c1-2-24-18(23)21-15-5-3-4-13(10-15)16-11-20-17(22-16)12-6-8-14(19)9-7-12/h3-11H,2H2,1H3,(H,20,22)(H,21,23). The van der Waals surface area contributed by atoms with Crippen LogP contribution in [-0.4, -0.2) is 22.7 Å². The van der Waals surface area contributed by atoms with Gasteiger partial charge in [-0.3, -0.25) is 5.32 Å². The molecule has 3 rings (SSSR count). The lowest BCUT2D eigenvalue weighted by Crippen LogP contribution is -2.13. The van der Waals surface area contributed by atoms with E-state index < -0.39 is 6.09 Å². The fourth-order valence-electron chi connectivity index (χ4n) is 2.27. The van der Waals surface area contributed by atoms with Crippen molar-refractivity contribution in [2.45, 2.75) is 6.92 Å². The maximum Gasteiger partial charge on any atom is 0.411 e. The van der Waals surface area contributed by atoms with Crippen LogP contribution in [0.15, 0.2) is 54.7 Å². The molecule has 1 aromatic heterocycles. The number of H-pyrrole nitrogens is 1. The number of carbonyl (C=O) groups excluding carboxylic acids is 1. The Hall–Kier alpha value is -3.15. The molecule has 1 amide bonds. The number of carbonyl (C=O) groups is 1. The average Bonchev–Trinajstić information content (AvgIpc) is 3.06. The predicted octanol–water partition coefficient (Wildman–Crippen LogP) is 4.45. The number of imidazole rings is 1. The zero-order valence-corrected chi connectivity index (χ0v) is 13.0. The smallest absolute Gasteiger partial charge is 0.411 e. The highest BCUT2D eigenvalue weighted by Gasteiger charge is 2.08. The quantitative estimate of drug-likeness (QED) is 0.744.